The van der Waals surface area contributed by atoms with Gasteiger partial charge in [0.05, 0.1) is 12.8 Å². The number of fused-ring (bicyclic) bond motifs is 1. The lowest BCUT2D eigenvalue weighted by atomic mass is 10.3. The minimum Gasteiger partial charge on any atom is -0.459 e. The summed E-state index contributed by atoms with van der Waals surface area (Å²) in [5.41, 5.74) is 1.17. The third-order valence-electron chi connectivity index (χ3n) is 2.91. The van der Waals surface area contributed by atoms with E-state index < -0.39 is 0 Å². The zero-order chi connectivity index (χ0) is 11.0. The fraction of sp³-hybridized carbons (Fsp3) is 0.250. The second kappa shape index (κ2) is 3.56. The molecule has 2 aromatic rings. The van der Waals surface area contributed by atoms with Crippen LogP contribution in [0.1, 0.15) is 16.2 Å². The van der Waals surface area contributed by atoms with Crippen LogP contribution in [0.2, 0.25) is 0 Å². The zero-order valence-electron chi connectivity index (χ0n) is 8.80. The molecule has 82 valence electrons. The first-order valence-corrected chi connectivity index (χ1v) is 5.31. The van der Waals surface area contributed by atoms with Gasteiger partial charge in [-0.25, -0.2) is 0 Å². The maximum atomic E-state index is 12.0. The van der Waals surface area contributed by atoms with E-state index in [2.05, 4.69) is 4.57 Å². The molecule has 3 rings (SSSR count). The fourth-order valence-electron chi connectivity index (χ4n) is 2.04. The van der Waals surface area contributed by atoms with Crippen molar-refractivity contribution in [3.8, 4) is 0 Å². The molecule has 1 aliphatic rings. The molecule has 0 fully saturated rings. The minimum absolute atomic E-state index is 0.0301. The Bertz CT molecular complexity index is 499. The molecule has 1 amide bonds. The molecule has 1 aliphatic heterocycles. The van der Waals surface area contributed by atoms with Gasteiger partial charge in [0, 0.05) is 25.0 Å². The van der Waals surface area contributed by atoms with Crippen molar-refractivity contribution >= 4 is 5.91 Å². The van der Waals surface area contributed by atoms with Gasteiger partial charge in [-0.1, -0.05) is 0 Å². The van der Waals surface area contributed by atoms with Gasteiger partial charge in [-0.3, -0.25) is 4.79 Å². The number of aromatic nitrogens is 1. The second-order valence-corrected chi connectivity index (χ2v) is 3.90. The maximum Gasteiger partial charge on any atom is 0.289 e. The lowest BCUT2D eigenvalue weighted by Gasteiger charge is -2.27. The van der Waals surface area contributed by atoms with Crippen molar-refractivity contribution in [3.05, 3.63) is 48.2 Å². The molecule has 4 nitrogen and oxygen atoms in total. The number of nitrogens with zero attached hydrogens (tertiary/aromatic N) is 2. The number of carbonyl (C=O) groups excluding carboxylic acids is 1. The highest BCUT2D eigenvalue weighted by Crippen LogP contribution is 2.15. The molecule has 0 spiro atoms. The molecule has 0 saturated heterocycles. The summed E-state index contributed by atoms with van der Waals surface area (Å²) >= 11 is 0. The van der Waals surface area contributed by atoms with E-state index in [4.69, 9.17) is 4.42 Å². The molecule has 3 heterocycles. The first-order chi connectivity index (χ1) is 7.84. The molecule has 0 aromatic carbocycles. The Labute approximate surface area is 93.1 Å². The predicted octanol–water partition coefficient (Wildman–Crippen LogP) is 1.74. The van der Waals surface area contributed by atoms with Crippen molar-refractivity contribution in [1.29, 1.82) is 0 Å². The van der Waals surface area contributed by atoms with Crippen molar-refractivity contribution in [3.63, 3.8) is 0 Å². The Morgan fingerprint density at radius 1 is 1.25 bits per heavy atom. The Hall–Kier alpha value is -1.97. The molecule has 0 radical (unpaired) electrons. The van der Waals surface area contributed by atoms with Crippen molar-refractivity contribution in [2.45, 2.75) is 13.1 Å². The summed E-state index contributed by atoms with van der Waals surface area (Å²) in [7, 11) is 0. The van der Waals surface area contributed by atoms with Crippen molar-refractivity contribution in [1.82, 2.24) is 9.47 Å². The lowest BCUT2D eigenvalue weighted by molar-refractivity contribution is 0.0679. The van der Waals surface area contributed by atoms with Crippen LogP contribution in [0.5, 0.6) is 0 Å². The Morgan fingerprint density at radius 3 is 3.00 bits per heavy atom. The normalized spacial score (nSPS) is 14.9. The van der Waals surface area contributed by atoms with Crippen LogP contribution in [0, 0.1) is 0 Å². The van der Waals surface area contributed by atoms with E-state index in [0.29, 0.717) is 12.3 Å². The van der Waals surface area contributed by atoms with E-state index in [9.17, 15) is 4.79 Å². The third kappa shape index (κ3) is 1.43. The molecule has 0 bridgehead atoms. The molecule has 16 heavy (non-hydrogen) atoms. The van der Waals surface area contributed by atoms with Gasteiger partial charge < -0.3 is 13.9 Å². The largest absolute Gasteiger partial charge is 0.459 e. The van der Waals surface area contributed by atoms with E-state index in [1.807, 2.05) is 23.2 Å². The molecular formula is C12H12N2O2. The van der Waals surface area contributed by atoms with Crippen LogP contribution in [0.3, 0.4) is 0 Å². The van der Waals surface area contributed by atoms with Crippen molar-refractivity contribution in [2.75, 3.05) is 6.54 Å². The van der Waals surface area contributed by atoms with Crippen LogP contribution in [-0.4, -0.2) is 21.9 Å². The summed E-state index contributed by atoms with van der Waals surface area (Å²) in [6.45, 7) is 2.25. The summed E-state index contributed by atoms with van der Waals surface area (Å²) in [6.07, 6.45) is 3.57. The van der Waals surface area contributed by atoms with Gasteiger partial charge in [0.25, 0.3) is 5.91 Å². The molecule has 0 aliphatic carbocycles. The fourth-order valence-corrected chi connectivity index (χ4v) is 2.04. The summed E-state index contributed by atoms with van der Waals surface area (Å²) in [5.74, 6) is 0.387. The molecular weight excluding hydrogens is 204 g/mol. The number of amides is 1. The molecule has 4 heteroatoms. The molecule has 0 N–H and O–H groups in total. The summed E-state index contributed by atoms with van der Waals surface area (Å²) in [4.78, 5) is 13.8. The number of hydrogen-bond acceptors (Lipinski definition) is 2. The SMILES string of the molecule is O=C(c1ccco1)N1CCn2cccc2C1. The van der Waals surface area contributed by atoms with Crippen LogP contribution in [-0.2, 0) is 13.1 Å². The summed E-state index contributed by atoms with van der Waals surface area (Å²) in [6, 6.07) is 7.49. The maximum absolute atomic E-state index is 12.0. The minimum atomic E-state index is -0.0301. The first kappa shape index (κ1) is 9.27. The van der Waals surface area contributed by atoms with E-state index in [1.54, 1.807) is 12.1 Å². The second-order valence-electron chi connectivity index (χ2n) is 3.90. The average molecular weight is 216 g/mol. The van der Waals surface area contributed by atoms with E-state index in [-0.39, 0.29) is 5.91 Å². The van der Waals surface area contributed by atoms with Crippen LogP contribution in [0.25, 0.3) is 0 Å². The van der Waals surface area contributed by atoms with Gasteiger partial charge in [0.1, 0.15) is 0 Å². The molecule has 2 aromatic heterocycles. The van der Waals surface area contributed by atoms with E-state index >= 15 is 0 Å². The van der Waals surface area contributed by atoms with Gasteiger partial charge in [0.2, 0.25) is 0 Å². The van der Waals surface area contributed by atoms with Gasteiger partial charge >= 0.3 is 0 Å². The highest BCUT2D eigenvalue weighted by atomic mass is 16.3. The van der Waals surface area contributed by atoms with Gasteiger partial charge in [-0.05, 0) is 24.3 Å². The summed E-state index contributed by atoms with van der Waals surface area (Å²) in [5, 5.41) is 0. The monoisotopic (exact) mass is 216 g/mol. The zero-order valence-corrected chi connectivity index (χ0v) is 8.80. The standard InChI is InChI=1S/C12H12N2O2/c15-12(11-4-2-8-16-11)14-7-6-13-5-1-3-10(13)9-14/h1-5,8H,6-7,9H2. The smallest absolute Gasteiger partial charge is 0.289 e. The number of rotatable bonds is 1. The first-order valence-electron chi connectivity index (χ1n) is 5.31. The van der Waals surface area contributed by atoms with Crippen LogP contribution < -0.4 is 0 Å². The third-order valence-corrected chi connectivity index (χ3v) is 2.91. The Morgan fingerprint density at radius 2 is 2.19 bits per heavy atom. The highest BCUT2D eigenvalue weighted by molar-refractivity contribution is 5.91. The van der Waals surface area contributed by atoms with Gasteiger partial charge in [0.15, 0.2) is 5.76 Å². The van der Waals surface area contributed by atoms with Crippen LogP contribution in [0.15, 0.2) is 41.1 Å². The van der Waals surface area contributed by atoms with Gasteiger partial charge in [-0.15, -0.1) is 0 Å². The van der Waals surface area contributed by atoms with Crippen molar-refractivity contribution in [2.24, 2.45) is 0 Å². The quantitative estimate of drug-likeness (QED) is 0.728. The molecule has 0 atom stereocenters. The Kier molecular flexibility index (Phi) is 2.06. The molecule has 0 unspecified atom stereocenters. The lowest BCUT2D eigenvalue weighted by Crippen LogP contribution is -2.37. The van der Waals surface area contributed by atoms with E-state index in [0.717, 1.165) is 13.1 Å². The highest BCUT2D eigenvalue weighted by Gasteiger charge is 2.22. The Balaban J connectivity index is 1.81. The van der Waals surface area contributed by atoms with Crippen LogP contribution in [0.4, 0.5) is 0 Å². The van der Waals surface area contributed by atoms with E-state index in [1.165, 1.54) is 12.0 Å². The van der Waals surface area contributed by atoms with Gasteiger partial charge in [-0.2, -0.15) is 0 Å². The topological polar surface area (TPSA) is 38.4 Å². The van der Waals surface area contributed by atoms with Crippen LogP contribution >= 0.6 is 0 Å². The molecule has 0 saturated carbocycles. The summed E-state index contributed by atoms with van der Waals surface area (Å²) < 4.78 is 7.29. The number of carbonyl (C=O) groups is 1. The van der Waals surface area contributed by atoms with Crippen molar-refractivity contribution < 1.29 is 9.21 Å². The number of furan rings is 1. The predicted molar refractivity (Wildman–Crippen MR) is 57.9 cm³/mol. The number of hydrogen-bond donors (Lipinski definition) is 0. The average Bonchev–Trinajstić information content (AvgIpc) is 2.98.